The molecule has 1 aromatic carbocycles. The molecule has 0 N–H and O–H groups in total. The van der Waals surface area contributed by atoms with Crippen LogP contribution in [0.25, 0.3) is 11.3 Å². The van der Waals surface area contributed by atoms with Gasteiger partial charge in [0, 0.05) is 49.8 Å². The summed E-state index contributed by atoms with van der Waals surface area (Å²) in [6.45, 7) is 2.74. The van der Waals surface area contributed by atoms with Gasteiger partial charge in [-0.3, -0.25) is 19.7 Å². The smallest absolute Gasteiger partial charge is 0.322 e. The number of likely N-dealkylation sites (tertiary alicyclic amines) is 1. The monoisotopic (exact) mass is 512 g/mol. The van der Waals surface area contributed by atoms with Gasteiger partial charge in [-0.1, -0.05) is 12.1 Å². The van der Waals surface area contributed by atoms with Crippen LogP contribution in [0, 0.1) is 11.8 Å². The fraction of sp³-hybridized carbons (Fsp3) is 0.423. The van der Waals surface area contributed by atoms with Gasteiger partial charge >= 0.3 is 12.2 Å². The van der Waals surface area contributed by atoms with Crippen molar-refractivity contribution < 1.29 is 22.8 Å². The second-order valence-electron chi connectivity index (χ2n) is 9.94. The summed E-state index contributed by atoms with van der Waals surface area (Å²) < 4.78 is 43.0. The highest BCUT2D eigenvalue weighted by Crippen LogP contribution is 2.41. The Morgan fingerprint density at radius 2 is 1.84 bits per heavy atom. The van der Waals surface area contributed by atoms with Gasteiger partial charge in [0.1, 0.15) is 0 Å². The van der Waals surface area contributed by atoms with Crippen molar-refractivity contribution in [3.8, 4) is 11.3 Å². The highest BCUT2D eigenvalue weighted by Gasteiger charge is 2.44. The number of amides is 1. The van der Waals surface area contributed by atoms with Crippen molar-refractivity contribution in [3.05, 3.63) is 65.9 Å². The fourth-order valence-corrected chi connectivity index (χ4v) is 5.52. The van der Waals surface area contributed by atoms with Crippen LogP contribution in [0.15, 0.2) is 49.2 Å². The molecule has 1 unspecified atom stereocenters. The minimum absolute atomic E-state index is 0.127. The first-order chi connectivity index (χ1) is 17.6. The topological polar surface area (TPSA) is 84.2 Å². The van der Waals surface area contributed by atoms with Crippen LogP contribution in [-0.2, 0) is 12.7 Å². The van der Waals surface area contributed by atoms with Crippen LogP contribution in [0.2, 0.25) is 0 Å². The van der Waals surface area contributed by atoms with Crippen molar-refractivity contribution in [1.82, 2.24) is 29.5 Å². The Balaban J connectivity index is 1.24. The average Bonchev–Trinajstić information content (AvgIpc) is 3.59. The predicted octanol–water partition coefficient (Wildman–Crippen LogP) is 4.37. The molecule has 8 nitrogen and oxygen atoms in total. The maximum absolute atomic E-state index is 13.9. The number of rotatable bonds is 5. The van der Waals surface area contributed by atoms with E-state index in [1.54, 1.807) is 11.0 Å². The molecule has 2 aromatic heterocycles. The highest BCUT2D eigenvalue weighted by molar-refractivity contribution is 5.94. The molecule has 0 radical (unpaired) electrons. The standard InChI is InChI=1S/C26H27F3N6O2/c1-16(36)21-10-32-35(15-21)25(37)34-13-19-7-22(8-20(19)14-34)33(2)12-18-4-3-17(9-23(18)26(27,28)29)24-11-30-5-6-31-24/h3-6,9-11,15,19-20,22H,7-8,12-14H2,1-2H3/t19-,20+,22?. The number of hydrogen-bond acceptors (Lipinski definition) is 6. The molecule has 1 saturated heterocycles. The van der Waals surface area contributed by atoms with E-state index >= 15 is 0 Å². The summed E-state index contributed by atoms with van der Waals surface area (Å²) >= 11 is 0. The molecule has 0 spiro atoms. The fourth-order valence-electron chi connectivity index (χ4n) is 5.52. The number of carbonyl (C=O) groups excluding carboxylic acids is 2. The highest BCUT2D eigenvalue weighted by atomic mass is 19.4. The van der Waals surface area contributed by atoms with Gasteiger partial charge in [-0.05, 0) is 50.3 Å². The Morgan fingerprint density at radius 3 is 2.43 bits per heavy atom. The zero-order valence-corrected chi connectivity index (χ0v) is 20.5. The lowest BCUT2D eigenvalue weighted by Gasteiger charge is -2.27. The molecule has 194 valence electrons. The predicted molar refractivity (Wildman–Crippen MR) is 129 cm³/mol. The van der Waals surface area contributed by atoms with E-state index in [-0.39, 0.29) is 41.8 Å². The number of Topliss-reactive ketones (excluding diaryl/α,β-unsaturated/α-hetero) is 1. The van der Waals surface area contributed by atoms with Crippen LogP contribution in [0.4, 0.5) is 18.0 Å². The number of aromatic nitrogens is 4. The molecular weight excluding hydrogens is 485 g/mol. The molecule has 1 amide bonds. The lowest BCUT2D eigenvalue weighted by atomic mass is 10.0. The third kappa shape index (κ3) is 5.13. The van der Waals surface area contributed by atoms with Crippen molar-refractivity contribution in [2.45, 2.75) is 38.5 Å². The Labute approximate surface area is 212 Å². The number of halogens is 3. The number of benzene rings is 1. The second-order valence-corrected chi connectivity index (χ2v) is 9.94. The van der Waals surface area contributed by atoms with E-state index in [0.29, 0.717) is 29.9 Å². The number of carbonyl (C=O) groups is 2. The van der Waals surface area contributed by atoms with Gasteiger partial charge in [-0.15, -0.1) is 0 Å². The van der Waals surface area contributed by atoms with Crippen molar-refractivity contribution >= 4 is 11.8 Å². The molecule has 3 aromatic rings. The van der Waals surface area contributed by atoms with Crippen molar-refractivity contribution in [2.75, 3.05) is 20.1 Å². The maximum Gasteiger partial charge on any atom is 0.416 e. The third-order valence-electron chi connectivity index (χ3n) is 7.50. The van der Waals surface area contributed by atoms with Crippen LogP contribution < -0.4 is 0 Å². The van der Waals surface area contributed by atoms with Crippen LogP contribution in [0.3, 0.4) is 0 Å². The largest absolute Gasteiger partial charge is 0.416 e. The first-order valence-electron chi connectivity index (χ1n) is 12.1. The van der Waals surface area contributed by atoms with Gasteiger partial charge in [0.2, 0.25) is 0 Å². The summed E-state index contributed by atoms with van der Waals surface area (Å²) in [4.78, 5) is 36.1. The lowest BCUT2D eigenvalue weighted by Crippen LogP contribution is -2.36. The molecule has 1 saturated carbocycles. The number of fused-ring (bicyclic) bond motifs is 1. The molecule has 3 heterocycles. The summed E-state index contributed by atoms with van der Waals surface area (Å²) in [5, 5.41) is 4.02. The quantitative estimate of drug-likeness (QED) is 0.472. The SMILES string of the molecule is CC(=O)c1cnn(C(=O)N2C[C@H]3CC(N(C)Cc4ccc(-c5cnccn5)cc4C(F)(F)F)C[C@H]3C2)c1. The van der Waals surface area contributed by atoms with Gasteiger partial charge < -0.3 is 4.90 Å². The van der Waals surface area contributed by atoms with E-state index in [9.17, 15) is 22.8 Å². The third-order valence-corrected chi connectivity index (χ3v) is 7.50. The van der Waals surface area contributed by atoms with Crippen molar-refractivity contribution in [3.63, 3.8) is 0 Å². The Kier molecular flexibility index (Phi) is 6.57. The Bertz CT molecular complexity index is 1300. The molecule has 5 rings (SSSR count). The first-order valence-corrected chi connectivity index (χ1v) is 12.1. The maximum atomic E-state index is 13.9. The van der Waals surface area contributed by atoms with E-state index < -0.39 is 11.7 Å². The van der Waals surface area contributed by atoms with E-state index in [4.69, 9.17) is 0 Å². The van der Waals surface area contributed by atoms with E-state index in [1.165, 1.54) is 48.7 Å². The van der Waals surface area contributed by atoms with Gasteiger partial charge in [0.25, 0.3) is 0 Å². The van der Waals surface area contributed by atoms with Gasteiger partial charge in [0.05, 0.1) is 29.2 Å². The van der Waals surface area contributed by atoms with Crippen LogP contribution in [0.1, 0.15) is 41.3 Å². The molecule has 1 aliphatic carbocycles. The molecule has 1 aliphatic heterocycles. The molecule has 2 fully saturated rings. The summed E-state index contributed by atoms with van der Waals surface area (Å²) in [5.41, 5.74) is 0.707. The van der Waals surface area contributed by atoms with Gasteiger partial charge in [0.15, 0.2) is 5.78 Å². The summed E-state index contributed by atoms with van der Waals surface area (Å²) in [6.07, 6.45) is 4.33. The van der Waals surface area contributed by atoms with Crippen molar-refractivity contribution in [1.29, 1.82) is 0 Å². The average molecular weight is 513 g/mol. The second kappa shape index (κ2) is 9.70. The van der Waals surface area contributed by atoms with E-state index in [1.807, 2.05) is 11.9 Å². The molecule has 37 heavy (non-hydrogen) atoms. The summed E-state index contributed by atoms with van der Waals surface area (Å²) in [5.74, 6) is 0.404. The normalized spacial score (nSPS) is 21.5. The first kappa shape index (κ1) is 25.1. The number of nitrogens with zero attached hydrogens (tertiary/aromatic N) is 6. The zero-order chi connectivity index (χ0) is 26.3. The molecule has 3 atom stereocenters. The van der Waals surface area contributed by atoms with Crippen molar-refractivity contribution in [2.24, 2.45) is 11.8 Å². The van der Waals surface area contributed by atoms with E-state index in [2.05, 4.69) is 15.1 Å². The number of ketones is 1. The Hall–Kier alpha value is -3.60. The van der Waals surface area contributed by atoms with E-state index in [0.717, 1.165) is 18.9 Å². The van der Waals surface area contributed by atoms with Crippen LogP contribution in [-0.4, -0.2) is 67.5 Å². The van der Waals surface area contributed by atoms with Crippen LogP contribution >= 0.6 is 0 Å². The van der Waals surface area contributed by atoms with Crippen LogP contribution in [0.5, 0.6) is 0 Å². The zero-order valence-electron chi connectivity index (χ0n) is 20.5. The minimum Gasteiger partial charge on any atom is -0.322 e. The number of alkyl halides is 3. The molecule has 11 heteroatoms. The van der Waals surface area contributed by atoms with Gasteiger partial charge in [-0.25, -0.2) is 4.79 Å². The summed E-state index contributed by atoms with van der Waals surface area (Å²) in [7, 11) is 1.86. The minimum atomic E-state index is -4.49. The lowest BCUT2D eigenvalue weighted by molar-refractivity contribution is -0.138. The summed E-state index contributed by atoms with van der Waals surface area (Å²) in [6, 6.07) is 4.19. The van der Waals surface area contributed by atoms with Gasteiger partial charge in [-0.2, -0.15) is 23.0 Å². The number of hydrogen-bond donors (Lipinski definition) is 0. The molecular formula is C26H27F3N6O2. The molecule has 0 bridgehead atoms. The molecule has 2 aliphatic rings. The Morgan fingerprint density at radius 1 is 1.11 bits per heavy atom.